The molecule has 2 atom stereocenters. The topological polar surface area (TPSA) is 50.4 Å². The number of hydrogen-bond acceptors (Lipinski definition) is 4. The molecule has 0 unspecified atom stereocenters. The van der Waals surface area contributed by atoms with Crippen molar-refractivity contribution in [1.29, 1.82) is 0 Å². The Kier molecular flexibility index (Phi) is 2.89. The van der Waals surface area contributed by atoms with Crippen molar-refractivity contribution < 1.29 is 4.42 Å². The smallest absolute Gasteiger partial charge is 0.408 e. The zero-order valence-electron chi connectivity index (χ0n) is 11.4. The summed E-state index contributed by atoms with van der Waals surface area (Å²) in [4.78, 5) is 14.4. The second kappa shape index (κ2) is 4.75. The third kappa shape index (κ3) is 1.98. The fourth-order valence-corrected chi connectivity index (χ4v) is 3.60. The molecular formula is C15H19N3O2. The van der Waals surface area contributed by atoms with Gasteiger partial charge in [0.2, 0.25) is 0 Å². The molecule has 2 saturated heterocycles. The molecule has 20 heavy (non-hydrogen) atoms. The van der Waals surface area contributed by atoms with Crippen molar-refractivity contribution in [2.75, 3.05) is 32.7 Å². The summed E-state index contributed by atoms with van der Waals surface area (Å²) in [5, 5.41) is 3.45. The lowest BCUT2D eigenvalue weighted by Gasteiger charge is -2.16. The average molecular weight is 273 g/mol. The SMILES string of the molecule is O=c1oc2ccccc2n1CCN1C[C@H]2CNC[C@H]2C1. The Bertz CT molecular complexity index is 663. The molecule has 5 nitrogen and oxygen atoms in total. The van der Waals surface area contributed by atoms with Crippen LogP contribution in [-0.4, -0.2) is 42.2 Å². The van der Waals surface area contributed by atoms with Crippen molar-refractivity contribution in [2.24, 2.45) is 11.8 Å². The Hall–Kier alpha value is -1.59. The van der Waals surface area contributed by atoms with Crippen molar-refractivity contribution in [3.63, 3.8) is 0 Å². The van der Waals surface area contributed by atoms with E-state index in [0.29, 0.717) is 12.1 Å². The summed E-state index contributed by atoms with van der Waals surface area (Å²) in [5.41, 5.74) is 1.58. The Morgan fingerprint density at radius 3 is 2.70 bits per heavy atom. The molecule has 106 valence electrons. The zero-order valence-corrected chi connectivity index (χ0v) is 11.4. The van der Waals surface area contributed by atoms with Crippen molar-refractivity contribution in [3.8, 4) is 0 Å². The summed E-state index contributed by atoms with van der Waals surface area (Å²) in [7, 11) is 0. The highest BCUT2D eigenvalue weighted by Crippen LogP contribution is 2.26. The van der Waals surface area contributed by atoms with E-state index in [-0.39, 0.29) is 5.76 Å². The Morgan fingerprint density at radius 2 is 1.90 bits per heavy atom. The fraction of sp³-hybridized carbons (Fsp3) is 0.533. The van der Waals surface area contributed by atoms with Gasteiger partial charge in [-0.3, -0.25) is 4.57 Å². The summed E-state index contributed by atoms with van der Waals surface area (Å²) in [5.74, 6) is 1.35. The second-order valence-electron chi connectivity index (χ2n) is 5.93. The minimum absolute atomic E-state index is 0.243. The van der Waals surface area contributed by atoms with Gasteiger partial charge in [0.25, 0.3) is 0 Å². The molecule has 3 heterocycles. The maximum atomic E-state index is 11.9. The molecule has 2 aliphatic rings. The normalized spacial score (nSPS) is 26.4. The van der Waals surface area contributed by atoms with Crippen molar-refractivity contribution in [3.05, 3.63) is 34.8 Å². The number of fused-ring (bicyclic) bond motifs is 2. The van der Waals surface area contributed by atoms with Crippen molar-refractivity contribution >= 4 is 11.1 Å². The monoisotopic (exact) mass is 273 g/mol. The molecule has 1 aromatic carbocycles. The predicted molar refractivity (Wildman–Crippen MR) is 76.8 cm³/mol. The van der Waals surface area contributed by atoms with Crippen molar-refractivity contribution in [1.82, 2.24) is 14.8 Å². The molecule has 0 bridgehead atoms. The van der Waals surface area contributed by atoms with Gasteiger partial charge in [-0.2, -0.15) is 0 Å². The van der Waals surface area contributed by atoms with Gasteiger partial charge in [-0.1, -0.05) is 12.1 Å². The van der Waals surface area contributed by atoms with Crippen LogP contribution in [0.15, 0.2) is 33.5 Å². The van der Waals surface area contributed by atoms with Gasteiger partial charge in [0, 0.05) is 26.2 Å². The maximum absolute atomic E-state index is 11.9. The first-order valence-corrected chi connectivity index (χ1v) is 7.33. The summed E-state index contributed by atoms with van der Waals surface area (Å²) in [6, 6.07) is 7.63. The van der Waals surface area contributed by atoms with E-state index < -0.39 is 0 Å². The van der Waals surface area contributed by atoms with Crippen LogP contribution in [0.5, 0.6) is 0 Å². The molecule has 5 heteroatoms. The number of para-hydroxylation sites is 2. The van der Waals surface area contributed by atoms with Crippen LogP contribution >= 0.6 is 0 Å². The third-order valence-electron chi connectivity index (χ3n) is 4.68. The molecule has 2 aromatic rings. The summed E-state index contributed by atoms with van der Waals surface area (Å²) in [6.07, 6.45) is 0. The summed E-state index contributed by atoms with van der Waals surface area (Å²) in [6.45, 7) is 6.25. The van der Waals surface area contributed by atoms with E-state index in [1.807, 2.05) is 24.3 Å². The standard InChI is InChI=1S/C15H19N3O2/c19-15-18(13-3-1-2-4-14(13)20-15)6-5-17-9-11-7-16-8-12(11)10-17/h1-4,11-12,16H,5-10H2/t11-,12+. The molecule has 4 rings (SSSR count). The molecule has 0 radical (unpaired) electrons. The van der Waals surface area contributed by atoms with Crippen LogP contribution in [0.3, 0.4) is 0 Å². The predicted octanol–water partition coefficient (Wildman–Crippen LogP) is 0.746. The van der Waals surface area contributed by atoms with Gasteiger partial charge in [0.1, 0.15) is 0 Å². The van der Waals surface area contributed by atoms with E-state index in [2.05, 4.69) is 10.2 Å². The quantitative estimate of drug-likeness (QED) is 0.896. The highest BCUT2D eigenvalue weighted by atomic mass is 16.4. The van der Waals surface area contributed by atoms with Crippen LogP contribution < -0.4 is 11.1 Å². The fourth-order valence-electron chi connectivity index (χ4n) is 3.60. The molecule has 2 fully saturated rings. The molecular weight excluding hydrogens is 254 g/mol. The van der Waals surface area contributed by atoms with Gasteiger partial charge >= 0.3 is 5.76 Å². The molecule has 2 aliphatic heterocycles. The van der Waals surface area contributed by atoms with E-state index >= 15 is 0 Å². The van der Waals surface area contributed by atoms with E-state index in [1.165, 1.54) is 0 Å². The van der Waals surface area contributed by atoms with Gasteiger partial charge in [-0.25, -0.2) is 4.79 Å². The molecule has 1 N–H and O–H groups in total. The number of nitrogens with zero attached hydrogens (tertiary/aromatic N) is 2. The first-order chi connectivity index (χ1) is 9.81. The molecule has 0 amide bonds. The van der Waals surface area contributed by atoms with Gasteiger partial charge in [0.15, 0.2) is 5.58 Å². The lowest BCUT2D eigenvalue weighted by molar-refractivity contribution is 0.296. The van der Waals surface area contributed by atoms with Crippen LogP contribution in [0, 0.1) is 11.8 Å². The number of nitrogens with one attached hydrogen (secondary N) is 1. The Morgan fingerprint density at radius 1 is 1.15 bits per heavy atom. The molecule has 0 saturated carbocycles. The number of benzene rings is 1. The highest BCUT2D eigenvalue weighted by Gasteiger charge is 2.35. The van der Waals surface area contributed by atoms with Gasteiger partial charge < -0.3 is 14.6 Å². The summed E-state index contributed by atoms with van der Waals surface area (Å²) >= 11 is 0. The lowest BCUT2D eigenvalue weighted by Crippen LogP contribution is -2.30. The highest BCUT2D eigenvalue weighted by molar-refractivity contribution is 5.72. The van der Waals surface area contributed by atoms with Crippen LogP contribution in [0.1, 0.15) is 0 Å². The van der Waals surface area contributed by atoms with E-state index in [1.54, 1.807) is 4.57 Å². The lowest BCUT2D eigenvalue weighted by atomic mass is 10.0. The van der Waals surface area contributed by atoms with Gasteiger partial charge in [-0.05, 0) is 37.1 Å². The van der Waals surface area contributed by atoms with Crippen LogP contribution in [0.25, 0.3) is 11.1 Å². The first kappa shape index (κ1) is 12.2. The largest absolute Gasteiger partial charge is 0.419 e. The number of rotatable bonds is 3. The van der Waals surface area contributed by atoms with E-state index in [4.69, 9.17) is 4.42 Å². The average Bonchev–Trinajstić information content (AvgIpc) is 3.08. The first-order valence-electron chi connectivity index (χ1n) is 7.33. The molecule has 1 aromatic heterocycles. The Balaban J connectivity index is 1.49. The summed E-state index contributed by atoms with van der Waals surface area (Å²) < 4.78 is 7.02. The van der Waals surface area contributed by atoms with Gasteiger partial charge in [-0.15, -0.1) is 0 Å². The number of likely N-dealkylation sites (tertiary alicyclic amines) is 1. The second-order valence-corrected chi connectivity index (χ2v) is 5.93. The molecule has 0 spiro atoms. The van der Waals surface area contributed by atoms with Crippen LogP contribution in [0.4, 0.5) is 0 Å². The number of hydrogen-bond donors (Lipinski definition) is 1. The van der Waals surface area contributed by atoms with Gasteiger partial charge in [0.05, 0.1) is 5.52 Å². The van der Waals surface area contributed by atoms with Crippen LogP contribution in [0.2, 0.25) is 0 Å². The number of aromatic nitrogens is 1. The Labute approximate surface area is 117 Å². The minimum Gasteiger partial charge on any atom is -0.408 e. The minimum atomic E-state index is -0.243. The molecule has 0 aliphatic carbocycles. The maximum Gasteiger partial charge on any atom is 0.419 e. The van der Waals surface area contributed by atoms with E-state index in [9.17, 15) is 4.79 Å². The zero-order chi connectivity index (χ0) is 13.5. The van der Waals surface area contributed by atoms with E-state index in [0.717, 1.165) is 50.1 Å². The van der Waals surface area contributed by atoms with Crippen LogP contribution in [-0.2, 0) is 6.54 Å². The van der Waals surface area contributed by atoms with Crippen molar-refractivity contribution in [2.45, 2.75) is 6.54 Å². The third-order valence-corrected chi connectivity index (χ3v) is 4.68. The number of oxazole rings is 1.